The van der Waals surface area contributed by atoms with Crippen LogP contribution in [-0.2, 0) is 6.54 Å². The van der Waals surface area contributed by atoms with Crippen molar-refractivity contribution in [3.05, 3.63) is 78.4 Å². The minimum Gasteiger partial charge on any atom is -0.497 e. The molecule has 0 bridgehead atoms. The SMILES string of the molecule is COc1ccc(C(=O)NCCNC(=O)Nc2ccc(Cn3ccnc3)cc2)cc1. The molecule has 3 aromatic rings. The van der Waals surface area contributed by atoms with Crippen molar-refractivity contribution in [2.45, 2.75) is 6.54 Å². The predicted molar refractivity (Wildman–Crippen MR) is 110 cm³/mol. The van der Waals surface area contributed by atoms with E-state index in [1.165, 1.54) is 0 Å². The molecule has 0 aliphatic rings. The van der Waals surface area contributed by atoms with Gasteiger partial charge < -0.3 is 25.3 Å². The molecular formula is C21H23N5O3. The van der Waals surface area contributed by atoms with E-state index in [0.717, 1.165) is 12.1 Å². The van der Waals surface area contributed by atoms with Crippen molar-refractivity contribution in [2.75, 3.05) is 25.5 Å². The Bertz CT molecular complexity index is 922. The largest absolute Gasteiger partial charge is 0.497 e. The van der Waals surface area contributed by atoms with Gasteiger partial charge in [0.05, 0.1) is 13.4 Å². The Hall–Kier alpha value is -3.81. The van der Waals surface area contributed by atoms with E-state index >= 15 is 0 Å². The number of nitrogens with one attached hydrogen (secondary N) is 3. The second-order valence-corrected chi connectivity index (χ2v) is 6.30. The van der Waals surface area contributed by atoms with Crippen LogP contribution in [0.1, 0.15) is 15.9 Å². The Morgan fingerprint density at radius 3 is 2.38 bits per heavy atom. The van der Waals surface area contributed by atoms with E-state index in [0.29, 0.717) is 30.1 Å². The number of anilines is 1. The summed E-state index contributed by atoms with van der Waals surface area (Å²) in [7, 11) is 1.57. The maximum absolute atomic E-state index is 12.0. The van der Waals surface area contributed by atoms with Gasteiger partial charge in [-0.3, -0.25) is 4.79 Å². The molecule has 0 atom stereocenters. The number of benzene rings is 2. The molecule has 3 amide bonds. The summed E-state index contributed by atoms with van der Waals surface area (Å²) in [4.78, 5) is 28.0. The molecule has 3 rings (SSSR count). The molecular weight excluding hydrogens is 370 g/mol. The molecule has 8 nitrogen and oxygen atoms in total. The monoisotopic (exact) mass is 393 g/mol. The maximum atomic E-state index is 12.0. The van der Waals surface area contributed by atoms with Gasteiger partial charge in [0.25, 0.3) is 5.91 Å². The fraction of sp³-hybridized carbons (Fsp3) is 0.190. The fourth-order valence-electron chi connectivity index (χ4n) is 2.66. The number of imidazole rings is 1. The molecule has 150 valence electrons. The zero-order valence-electron chi connectivity index (χ0n) is 16.1. The lowest BCUT2D eigenvalue weighted by molar-refractivity contribution is 0.0954. The third-order valence-corrected chi connectivity index (χ3v) is 4.18. The van der Waals surface area contributed by atoms with Crippen LogP contribution >= 0.6 is 0 Å². The molecule has 0 unspecified atom stereocenters. The van der Waals surface area contributed by atoms with E-state index in [1.54, 1.807) is 43.9 Å². The highest BCUT2D eigenvalue weighted by Gasteiger charge is 2.06. The Kier molecular flexibility index (Phi) is 6.83. The van der Waals surface area contributed by atoms with Crippen LogP contribution in [0, 0.1) is 0 Å². The normalized spacial score (nSPS) is 10.2. The molecule has 0 aliphatic carbocycles. The Morgan fingerprint density at radius 1 is 1.00 bits per heavy atom. The van der Waals surface area contributed by atoms with E-state index in [4.69, 9.17) is 4.74 Å². The summed E-state index contributed by atoms with van der Waals surface area (Å²) in [6.07, 6.45) is 5.39. The first kappa shape index (κ1) is 19.9. The quantitative estimate of drug-likeness (QED) is 0.512. The molecule has 29 heavy (non-hydrogen) atoms. The summed E-state index contributed by atoms with van der Waals surface area (Å²) in [6, 6.07) is 14.1. The van der Waals surface area contributed by atoms with E-state index in [1.807, 2.05) is 35.0 Å². The van der Waals surface area contributed by atoms with Gasteiger partial charge >= 0.3 is 6.03 Å². The van der Waals surface area contributed by atoms with Crippen LogP contribution in [0.3, 0.4) is 0 Å². The van der Waals surface area contributed by atoms with Crippen LogP contribution in [0.5, 0.6) is 5.75 Å². The highest BCUT2D eigenvalue weighted by molar-refractivity contribution is 5.94. The summed E-state index contributed by atoms with van der Waals surface area (Å²) in [5, 5.41) is 8.23. The van der Waals surface area contributed by atoms with Crippen molar-refractivity contribution in [3.63, 3.8) is 0 Å². The number of rotatable bonds is 8. The number of amides is 3. The second kappa shape index (κ2) is 9.93. The minimum absolute atomic E-state index is 0.205. The summed E-state index contributed by atoms with van der Waals surface area (Å²) < 4.78 is 7.03. The first-order valence-corrected chi connectivity index (χ1v) is 9.16. The van der Waals surface area contributed by atoms with Gasteiger partial charge in [-0.15, -0.1) is 0 Å². The van der Waals surface area contributed by atoms with Gasteiger partial charge in [-0.1, -0.05) is 12.1 Å². The Morgan fingerprint density at radius 2 is 1.72 bits per heavy atom. The lowest BCUT2D eigenvalue weighted by Gasteiger charge is -2.10. The Balaban J connectivity index is 1.36. The summed E-state index contributed by atoms with van der Waals surface area (Å²) >= 11 is 0. The zero-order chi connectivity index (χ0) is 20.5. The number of aromatic nitrogens is 2. The van der Waals surface area contributed by atoms with Crippen molar-refractivity contribution in [3.8, 4) is 5.75 Å². The average Bonchev–Trinajstić information content (AvgIpc) is 3.25. The van der Waals surface area contributed by atoms with Gasteiger partial charge in [-0.05, 0) is 42.0 Å². The molecule has 0 fully saturated rings. The van der Waals surface area contributed by atoms with Gasteiger partial charge in [-0.25, -0.2) is 9.78 Å². The van der Waals surface area contributed by atoms with Crippen LogP contribution < -0.4 is 20.7 Å². The highest BCUT2D eigenvalue weighted by atomic mass is 16.5. The van der Waals surface area contributed by atoms with E-state index < -0.39 is 0 Å². The lowest BCUT2D eigenvalue weighted by Crippen LogP contribution is -2.36. The summed E-state index contributed by atoms with van der Waals surface area (Å²) in [6.45, 7) is 1.36. The van der Waals surface area contributed by atoms with Crippen LogP contribution in [0.2, 0.25) is 0 Å². The van der Waals surface area contributed by atoms with Gasteiger partial charge in [0.2, 0.25) is 0 Å². The van der Waals surface area contributed by atoms with Crippen molar-refractivity contribution < 1.29 is 14.3 Å². The maximum Gasteiger partial charge on any atom is 0.319 e. The molecule has 0 saturated carbocycles. The average molecular weight is 393 g/mol. The second-order valence-electron chi connectivity index (χ2n) is 6.30. The number of hydrogen-bond acceptors (Lipinski definition) is 4. The van der Waals surface area contributed by atoms with Crippen molar-refractivity contribution >= 4 is 17.6 Å². The first-order valence-electron chi connectivity index (χ1n) is 9.16. The molecule has 0 saturated heterocycles. The molecule has 1 aromatic heterocycles. The highest BCUT2D eigenvalue weighted by Crippen LogP contribution is 2.11. The summed E-state index contributed by atoms with van der Waals surface area (Å²) in [5.41, 5.74) is 2.33. The predicted octanol–water partition coefficient (Wildman–Crippen LogP) is 2.49. The van der Waals surface area contributed by atoms with Crippen LogP contribution in [0.15, 0.2) is 67.3 Å². The fourth-order valence-corrected chi connectivity index (χ4v) is 2.66. The molecule has 0 radical (unpaired) electrons. The Labute approximate surface area is 168 Å². The first-order chi connectivity index (χ1) is 14.1. The molecule has 1 heterocycles. The molecule has 2 aromatic carbocycles. The van der Waals surface area contributed by atoms with Gasteiger partial charge in [0.1, 0.15) is 5.75 Å². The third-order valence-electron chi connectivity index (χ3n) is 4.18. The summed E-state index contributed by atoms with van der Waals surface area (Å²) in [5.74, 6) is 0.484. The van der Waals surface area contributed by atoms with E-state index in [-0.39, 0.29) is 11.9 Å². The number of methoxy groups -OCH3 is 1. The van der Waals surface area contributed by atoms with Gasteiger partial charge in [-0.2, -0.15) is 0 Å². The van der Waals surface area contributed by atoms with Crippen molar-refractivity contribution in [2.24, 2.45) is 0 Å². The number of carbonyl (C=O) groups excluding carboxylic acids is 2. The minimum atomic E-state index is -0.328. The van der Waals surface area contributed by atoms with Crippen LogP contribution in [0.25, 0.3) is 0 Å². The topological polar surface area (TPSA) is 97.3 Å². The lowest BCUT2D eigenvalue weighted by atomic mass is 10.2. The molecule has 0 spiro atoms. The van der Waals surface area contributed by atoms with Crippen LogP contribution in [-0.4, -0.2) is 41.7 Å². The number of nitrogens with zero attached hydrogens (tertiary/aromatic N) is 2. The van der Waals surface area contributed by atoms with Crippen molar-refractivity contribution in [1.82, 2.24) is 20.2 Å². The number of hydrogen-bond donors (Lipinski definition) is 3. The van der Waals surface area contributed by atoms with Gasteiger partial charge in [0, 0.05) is 43.3 Å². The van der Waals surface area contributed by atoms with E-state index in [2.05, 4.69) is 20.9 Å². The number of urea groups is 1. The van der Waals surface area contributed by atoms with E-state index in [9.17, 15) is 9.59 Å². The zero-order valence-corrected chi connectivity index (χ0v) is 16.1. The molecule has 3 N–H and O–H groups in total. The number of carbonyl (C=O) groups is 2. The molecule has 8 heteroatoms. The standard InChI is InChI=1S/C21H23N5O3/c1-29-19-8-4-17(5-9-19)20(27)23-10-11-24-21(28)25-18-6-2-16(3-7-18)14-26-13-12-22-15-26/h2-9,12-13,15H,10-11,14H2,1H3,(H,23,27)(H2,24,25,28). The third kappa shape index (κ3) is 6.10. The molecule has 0 aliphatic heterocycles. The van der Waals surface area contributed by atoms with Crippen molar-refractivity contribution in [1.29, 1.82) is 0 Å². The number of ether oxygens (including phenoxy) is 1. The smallest absolute Gasteiger partial charge is 0.319 e. The van der Waals surface area contributed by atoms with Gasteiger partial charge in [0.15, 0.2) is 0 Å². The van der Waals surface area contributed by atoms with Crippen LogP contribution in [0.4, 0.5) is 10.5 Å².